The van der Waals surface area contributed by atoms with Crippen LogP contribution in [0, 0.1) is 0 Å². The number of amides is 1. The molecular formula is C28H26N2O3. The van der Waals surface area contributed by atoms with Gasteiger partial charge < -0.3 is 9.47 Å². The van der Waals surface area contributed by atoms with Crippen molar-refractivity contribution in [1.29, 1.82) is 0 Å². The van der Waals surface area contributed by atoms with Gasteiger partial charge in [-0.3, -0.25) is 4.79 Å². The maximum absolute atomic E-state index is 12.5. The number of carbonyl (C=O) groups excluding carboxylic acids is 1. The zero-order valence-corrected chi connectivity index (χ0v) is 18.7. The van der Waals surface area contributed by atoms with Gasteiger partial charge in [-0.2, -0.15) is 5.10 Å². The summed E-state index contributed by atoms with van der Waals surface area (Å²) in [6.45, 7) is 4.17. The second kappa shape index (κ2) is 10.5. The SMILES string of the molecule is CCOc1ccc2ccccc2c1/C=N\NC(=O)[C@H](C)Oc1ccc(-c2ccccc2)cc1. The molecule has 0 fully saturated rings. The maximum atomic E-state index is 12.5. The van der Waals surface area contributed by atoms with E-state index in [4.69, 9.17) is 9.47 Å². The van der Waals surface area contributed by atoms with E-state index in [9.17, 15) is 4.79 Å². The van der Waals surface area contributed by atoms with Crippen molar-refractivity contribution in [1.82, 2.24) is 5.43 Å². The summed E-state index contributed by atoms with van der Waals surface area (Å²) in [4.78, 5) is 12.5. The van der Waals surface area contributed by atoms with Crippen molar-refractivity contribution in [2.45, 2.75) is 20.0 Å². The summed E-state index contributed by atoms with van der Waals surface area (Å²) in [5, 5.41) is 6.24. The molecule has 0 bridgehead atoms. The molecule has 0 heterocycles. The van der Waals surface area contributed by atoms with E-state index in [2.05, 4.69) is 22.7 Å². The Morgan fingerprint density at radius 3 is 2.36 bits per heavy atom. The third-order valence-corrected chi connectivity index (χ3v) is 5.24. The highest BCUT2D eigenvalue weighted by atomic mass is 16.5. The van der Waals surface area contributed by atoms with Crippen LogP contribution in [-0.4, -0.2) is 24.8 Å². The predicted octanol–water partition coefficient (Wildman–Crippen LogP) is 5.82. The monoisotopic (exact) mass is 438 g/mol. The summed E-state index contributed by atoms with van der Waals surface area (Å²) in [7, 11) is 0. The van der Waals surface area contributed by atoms with Gasteiger partial charge in [-0.05, 0) is 53.9 Å². The van der Waals surface area contributed by atoms with Crippen LogP contribution in [0.5, 0.6) is 11.5 Å². The van der Waals surface area contributed by atoms with Gasteiger partial charge in [0.2, 0.25) is 0 Å². The van der Waals surface area contributed by atoms with Crippen molar-refractivity contribution < 1.29 is 14.3 Å². The van der Waals surface area contributed by atoms with Gasteiger partial charge in [0, 0.05) is 5.56 Å². The number of ether oxygens (including phenoxy) is 2. The fourth-order valence-electron chi connectivity index (χ4n) is 3.56. The normalized spacial score (nSPS) is 11.9. The second-order valence-corrected chi connectivity index (χ2v) is 7.52. The van der Waals surface area contributed by atoms with Gasteiger partial charge in [0.25, 0.3) is 5.91 Å². The van der Waals surface area contributed by atoms with Crippen molar-refractivity contribution in [3.05, 3.63) is 96.6 Å². The Bertz CT molecular complexity index is 1250. The molecule has 4 aromatic carbocycles. The van der Waals surface area contributed by atoms with E-state index in [1.807, 2.05) is 85.8 Å². The highest BCUT2D eigenvalue weighted by Crippen LogP contribution is 2.27. The molecular weight excluding hydrogens is 412 g/mol. The minimum atomic E-state index is -0.705. The third kappa shape index (κ3) is 5.39. The Morgan fingerprint density at radius 1 is 0.909 bits per heavy atom. The van der Waals surface area contributed by atoms with Crippen LogP contribution < -0.4 is 14.9 Å². The van der Waals surface area contributed by atoms with E-state index < -0.39 is 6.10 Å². The average molecular weight is 439 g/mol. The lowest BCUT2D eigenvalue weighted by Crippen LogP contribution is -2.33. The Labute approximate surface area is 193 Å². The van der Waals surface area contributed by atoms with Crippen LogP contribution in [0.1, 0.15) is 19.4 Å². The topological polar surface area (TPSA) is 59.9 Å². The van der Waals surface area contributed by atoms with Gasteiger partial charge in [0.15, 0.2) is 6.10 Å². The first-order valence-corrected chi connectivity index (χ1v) is 11.0. The number of benzene rings is 4. The molecule has 0 saturated carbocycles. The second-order valence-electron chi connectivity index (χ2n) is 7.52. The third-order valence-electron chi connectivity index (χ3n) is 5.24. The molecule has 0 spiro atoms. The minimum absolute atomic E-state index is 0.336. The van der Waals surface area contributed by atoms with E-state index in [0.29, 0.717) is 12.4 Å². The molecule has 1 amide bonds. The highest BCUT2D eigenvalue weighted by Gasteiger charge is 2.14. The summed E-state index contributed by atoms with van der Waals surface area (Å²) in [5.74, 6) is 1.00. The lowest BCUT2D eigenvalue weighted by atomic mass is 10.0. The van der Waals surface area contributed by atoms with Crippen molar-refractivity contribution >= 4 is 22.9 Å². The fourth-order valence-corrected chi connectivity index (χ4v) is 3.56. The molecule has 166 valence electrons. The summed E-state index contributed by atoms with van der Waals surface area (Å²) in [6.07, 6.45) is 0.913. The Kier molecular flexibility index (Phi) is 7.00. The number of hydrogen-bond donors (Lipinski definition) is 1. The molecule has 4 rings (SSSR count). The molecule has 5 heteroatoms. The van der Waals surface area contributed by atoms with Crippen molar-refractivity contribution in [2.75, 3.05) is 6.61 Å². The molecule has 0 unspecified atom stereocenters. The molecule has 33 heavy (non-hydrogen) atoms. The van der Waals surface area contributed by atoms with Crippen LogP contribution in [-0.2, 0) is 4.79 Å². The van der Waals surface area contributed by atoms with Crippen LogP contribution in [0.4, 0.5) is 0 Å². The lowest BCUT2D eigenvalue weighted by Gasteiger charge is -2.14. The van der Waals surface area contributed by atoms with Crippen molar-refractivity contribution in [2.24, 2.45) is 5.10 Å². The molecule has 1 atom stereocenters. The van der Waals surface area contributed by atoms with Crippen LogP contribution in [0.3, 0.4) is 0 Å². The fraction of sp³-hybridized carbons (Fsp3) is 0.143. The zero-order valence-electron chi connectivity index (χ0n) is 18.7. The molecule has 4 aromatic rings. The van der Waals surface area contributed by atoms with Gasteiger partial charge >= 0.3 is 0 Å². The first-order valence-electron chi connectivity index (χ1n) is 11.0. The van der Waals surface area contributed by atoms with Crippen LogP contribution in [0.25, 0.3) is 21.9 Å². The number of rotatable bonds is 8. The molecule has 0 aliphatic heterocycles. The molecule has 0 radical (unpaired) electrons. The molecule has 0 saturated heterocycles. The van der Waals surface area contributed by atoms with Gasteiger partial charge in [-0.1, -0.05) is 72.8 Å². The minimum Gasteiger partial charge on any atom is -0.493 e. The van der Waals surface area contributed by atoms with Crippen LogP contribution in [0.2, 0.25) is 0 Å². The predicted molar refractivity (Wildman–Crippen MR) is 133 cm³/mol. The number of nitrogens with zero attached hydrogens (tertiary/aromatic N) is 1. The van der Waals surface area contributed by atoms with Crippen LogP contribution in [0.15, 0.2) is 96.1 Å². The van der Waals surface area contributed by atoms with Crippen LogP contribution >= 0.6 is 0 Å². The molecule has 0 aliphatic carbocycles. The number of carbonyl (C=O) groups is 1. The van der Waals surface area contributed by atoms with E-state index >= 15 is 0 Å². The number of nitrogens with one attached hydrogen (secondary N) is 1. The molecule has 0 aromatic heterocycles. The average Bonchev–Trinajstić information content (AvgIpc) is 2.86. The zero-order chi connectivity index (χ0) is 23.0. The van der Waals surface area contributed by atoms with Gasteiger partial charge in [0.1, 0.15) is 11.5 Å². The first-order chi connectivity index (χ1) is 16.2. The number of fused-ring (bicyclic) bond motifs is 1. The molecule has 0 aliphatic rings. The largest absolute Gasteiger partial charge is 0.493 e. The Hall–Kier alpha value is -4.12. The number of hydrazone groups is 1. The van der Waals surface area contributed by atoms with Gasteiger partial charge in [0.05, 0.1) is 12.8 Å². The van der Waals surface area contributed by atoms with E-state index in [0.717, 1.165) is 33.2 Å². The summed E-state index contributed by atoms with van der Waals surface area (Å²) < 4.78 is 11.5. The summed E-state index contributed by atoms with van der Waals surface area (Å²) in [6, 6.07) is 29.7. The Balaban J connectivity index is 1.41. The number of hydrogen-bond acceptors (Lipinski definition) is 4. The van der Waals surface area contributed by atoms with Gasteiger partial charge in [-0.25, -0.2) is 5.43 Å². The summed E-state index contributed by atoms with van der Waals surface area (Å²) in [5.41, 5.74) is 5.61. The van der Waals surface area contributed by atoms with E-state index in [1.165, 1.54) is 0 Å². The highest BCUT2D eigenvalue weighted by molar-refractivity contribution is 6.02. The Morgan fingerprint density at radius 2 is 1.61 bits per heavy atom. The van der Waals surface area contributed by atoms with E-state index in [-0.39, 0.29) is 5.91 Å². The molecule has 5 nitrogen and oxygen atoms in total. The van der Waals surface area contributed by atoms with Gasteiger partial charge in [-0.15, -0.1) is 0 Å². The standard InChI is InChI=1S/C28H26N2O3/c1-3-32-27-18-15-23-11-7-8-12-25(23)26(27)19-29-30-28(31)20(2)33-24-16-13-22(14-17-24)21-9-5-4-6-10-21/h4-20H,3H2,1-2H3,(H,30,31)/b29-19-/t20-/m0/s1. The quantitative estimate of drug-likeness (QED) is 0.278. The summed E-state index contributed by atoms with van der Waals surface area (Å²) >= 11 is 0. The lowest BCUT2D eigenvalue weighted by molar-refractivity contribution is -0.127. The van der Waals surface area contributed by atoms with Crippen molar-refractivity contribution in [3.8, 4) is 22.6 Å². The first kappa shape index (κ1) is 22.1. The smallest absolute Gasteiger partial charge is 0.280 e. The van der Waals surface area contributed by atoms with E-state index in [1.54, 1.807) is 13.1 Å². The molecule has 1 N–H and O–H groups in total. The van der Waals surface area contributed by atoms with Crippen molar-refractivity contribution in [3.63, 3.8) is 0 Å². The maximum Gasteiger partial charge on any atom is 0.280 e.